The summed E-state index contributed by atoms with van der Waals surface area (Å²) in [7, 11) is 0. The number of Topliss-reactive ketones (excluding diaryl/α,β-unsaturated/α-hetero) is 1. The average molecular weight is 443 g/mol. The molecule has 1 heterocycles. The molecule has 1 fully saturated rings. The highest BCUT2D eigenvalue weighted by molar-refractivity contribution is 6.06. The SMILES string of the molecule is O=C(CN1CCC[C@@H]1C(=O)NC(=O)c1ccccc1)c1cccc(OCc2ccccc2)c1. The molecular formula is C27H26N2O4. The molecule has 33 heavy (non-hydrogen) atoms. The molecule has 0 radical (unpaired) electrons. The molecule has 6 heteroatoms. The van der Waals surface area contributed by atoms with Crippen molar-refractivity contribution in [1.82, 2.24) is 10.2 Å². The van der Waals surface area contributed by atoms with Gasteiger partial charge in [0.2, 0.25) is 5.91 Å². The van der Waals surface area contributed by atoms with Crippen LogP contribution in [0.25, 0.3) is 0 Å². The Morgan fingerprint density at radius 2 is 1.58 bits per heavy atom. The first-order valence-electron chi connectivity index (χ1n) is 11.0. The largest absolute Gasteiger partial charge is 0.489 e. The third-order valence-corrected chi connectivity index (χ3v) is 5.69. The van der Waals surface area contributed by atoms with Crippen molar-refractivity contribution in [3.63, 3.8) is 0 Å². The number of carbonyl (C=O) groups excluding carboxylic acids is 3. The Kier molecular flexibility index (Phi) is 7.27. The minimum atomic E-state index is -0.501. The van der Waals surface area contributed by atoms with Gasteiger partial charge in [0, 0.05) is 11.1 Å². The van der Waals surface area contributed by atoms with E-state index < -0.39 is 11.9 Å². The zero-order valence-corrected chi connectivity index (χ0v) is 18.3. The minimum absolute atomic E-state index is 0.0887. The van der Waals surface area contributed by atoms with Gasteiger partial charge in [0.25, 0.3) is 5.91 Å². The van der Waals surface area contributed by atoms with Gasteiger partial charge >= 0.3 is 0 Å². The van der Waals surface area contributed by atoms with Crippen LogP contribution in [0.4, 0.5) is 0 Å². The van der Waals surface area contributed by atoms with Gasteiger partial charge in [0.05, 0.1) is 12.6 Å². The Labute approximate surface area is 193 Å². The minimum Gasteiger partial charge on any atom is -0.489 e. The lowest BCUT2D eigenvalue weighted by molar-refractivity contribution is -0.124. The number of imide groups is 1. The summed E-state index contributed by atoms with van der Waals surface area (Å²) in [6.45, 7) is 1.16. The summed E-state index contributed by atoms with van der Waals surface area (Å²) in [4.78, 5) is 39.8. The molecule has 2 amide bonds. The number of rotatable bonds is 8. The molecular weight excluding hydrogens is 416 g/mol. The van der Waals surface area contributed by atoms with Gasteiger partial charge in [-0.15, -0.1) is 0 Å². The Balaban J connectivity index is 1.35. The Hall–Kier alpha value is -3.77. The van der Waals surface area contributed by atoms with Crippen LogP contribution in [0.3, 0.4) is 0 Å². The molecule has 0 aliphatic carbocycles. The molecule has 1 aliphatic rings. The number of likely N-dealkylation sites (tertiary alicyclic amines) is 1. The number of nitrogens with one attached hydrogen (secondary N) is 1. The van der Waals surface area contributed by atoms with E-state index in [1.807, 2.05) is 47.4 Å². The van der Waals surface area contributed by atoms with E-state index in [1.165, 1.54) is 0 Å². The first kappa shape index (κ1) is 22.4. The maximum Gasteiger partial charge on any atom is 0.257 e. The summed E-state index contributed by atoms with van der Waals surface area (Å²) in [5.41, 5.74) is 2.01. The van der Waals surface area contributed by atoms with Gasteiger partial charge in [0.1, 0.15) is 12.4 Å². The molecule has 0 saturated carbocycles. The number of amides is 2. The van der Waals surface area contributed by atoms with Gasteiger partial charge < -0.3 is 4.74 Å². The fraction of sp³-hybridized carbons (Fsp3) is 0.222. The lowest BCUT2D eigenvalue weighted by Gasteiger charge is -2.22. The van der Waals surface area contributed by atoms with E-state index in [4.69, 9.17) is 4.74 Å². The lowest BCUT2D eigenvalue weighted by atomic mass is 10.1. The van der Waals surface area contributed by atoms with Crippen LogP contribution < -0.4 is 10.1 Å². The number of hydrogen-bond acceptors (Lipinski definition) is 5. The van der Waals surface area contributed by atoms with Crippen molar-refractivity contribution in [3.05, 3.63) is 102 Å². The van der Waals surface area contributed by atoms with E-state index in [0.29, 0.717) is 36.4 Å². The number of hydrogen-bond donors (Lipinski definition) is 1. The molecule has 1 N–H and O–H groups in total. The quantitative estimate of drug-likeness (QED) is 0.423. The first-order valence-corrected chi connectivity index (χ1v) is 11.0. The fourth-order valence-electron chi connectivity index (χ4n) is 3.95. The topological polar surface area (TPSA) is 75.7 Å². The zero-order chi connectivity index (χ0) is 23.0. The van der Waals surface area contributed by atoms with Gasteiger partial charge in [-0.05, 0) is 49.2 Å². The van der Waals surface area contributed by atoms with Crippen molar-refractivity contribution in [2.24, 2.45) is 0 Å². The highest BCUT2D eigenvalue weighted by Crippen LogP contribution is 2.20. The van der Waals surface area contributed by atoms with Crippen LogP contribution in [-0.2, 0) is 11.4 Å². The van der Waals surface area contributed by atoms with Crippen molar-refractivity contribution < 1.29 is 19.1 Å². The molecule has 0 unspecified atom stereocenters. The van der Waals surface area contributed by atoms with Crippen LogP contribution in [0, 0.1) is 0 Å². The van der Waals surface area contributed by atoms with Crippen LogP contribution in [-0.4, -0.2) is 41.6 Å². The van der Waals surface area contributed by atoms with Crippen LogP contribution in [0.2, 0.25) is 0 Å². The van der Waals surface area contributed by atoms with Crippen molar-refractivity contribution in [2.75, 3.05) is 13.1 Å². The van der Waals surface area contributed by atoms with E-state index in [0.717, 1.165) is 12.0 Å². The third-order valence-electron chi connectivity index (χ3n) is 5.69. The Morgan fingerprint density at radius 1 is 0.879 bits per heavy atom. The van der Waals surface area contributed by atoms with Crippen LogP contribution >= 0.6 is 0 Å². The van der Waals surface area contributed by atoms with Crippen LogP contribution in [0.15, 0.2) is 84.9 Å². The summed E-state index contributed by atoms with van der Waals surface area (Å²) < 4.78 is 5.83. The van der Waals surface area contributed by atoms with Gasteiger partial charge in [-0.2, -0.15) is 0 Å². The second-order valence-corrected chi connectivity index (χ2v) is 8.04. The first-order chi connectivity index (χ1) is 16.1. The number of carbonyl (C=O) groups is 3. The molecule has 168 valence electrons. The number of ether oxygens (including phenoxy) is 1. The standard InChI is InChI=1S/C27H26N2O4/c30-25(22-13-7-14-23(17-22)33-19-20-9-3-1-4-10-20)18-29-16-8-15-24(29)27(32)28-26(31)21-11-5-2-6-12-21/h1-7,9-14,17,24H,8,15-16,18-19H2,(H,28,31,32)/t24-/m1/s1. The maximum atomic E-state index is 12.9. The van der Waals surface area contributed by atoms with Crippen molar-refractivity contribution in [1.29, 1.82) is 0 Å². The second-order valence-electron chi connectivity index (χ2n) is 8.04. The molecule has 0 bridgehead atoms. The number of ketones is 1. The zero-order valence-electron chi connectivity index (χ0n) is 18.3. The molecule has 0 spiro atoms. The maximum absolute atomic E-state index is 12.9. The molecule has 4 rings (SSSR count). The molecule has 3 aromatic rings. The molecule has 1 aliphatic heterocycles. The van der Waals surface area contributed by atoms with E-state index >= 15 is 0 Å². The number of benzene rings is 3. The summed E-state index contributed by atoms with van der Waals surface area (Å²) >= 11 is 0. The van der Waals surface area contributed by atoms with Gasteiger partial charge in [0.15, 0.2) is 5.78 Å². The van der Waals surface area contributed by atoms with E-state index in [1.54, 1.807) is 42.5 Å². The van der Waals surface area contributed by atoms with E-state index in [-0.39, 0.29) is 18.2 Å². The molecule has 1 atom stereocenters. The Morgan fingerprint density at radius 3 is 2.33 bits per heavy atom. The smallest absolute Gasteiger partial charge is 0.257 e. The fourth-order valence-corrected chi connectivity index (χ4v) is 3.95. The highest BCUT2D eigenvalue weighted by atomic mass is 16.5. The van der Waals surface area contributed by atoms with Crippen molar-refractivity contribution >= 4 is 17.6 Å². The third kappa shape index (κ3) is 5.93. The molecule has 1 saturated heterocycles. The average Bonchev–Trinajstić information content (AvgIpc) is 3.32. The predicted molar refractivity (Wildman–Crippen MR) is 125 cm³/mol. The molecule has 0 aromatic heterocycles. The van der Waals surface area contributed by atoms with Crippen molar-refractivity contribution in [3.8, 4) is 5.75 Å². The van der Waals surface area contributed by atoms with Crippen LogP contribution in [0.5, 0.6) is 5.75 Å². The summed E-state index contributed by atoms with van der Waals surface area (Å²) in [6, 6.07) is 25.0. The summed E-state index contributed by atoms with van der Waals surface area (Å²) in [6.07, 6.45) is 1.41. The Bertz CT molecular complexity index is 1120. The van der Waals surface area contributed by atoms with Gasteiger partial charge in [-0.25, -0.2) is 0 Å². The second kappa shape index (κ2) is 10.7. The number of nitrogens with zero attached hydrogens (tertiary/aromatic N) is 1. The molecule has 3 aromatic carbocycles. The van der Waals surface area contributed by atoms with Crippen molar-refractivity contribution in [2.45, 2.75) is 25.5 Å². The predicted octanol–water partition coefficient (Wildman–Crippen LogP) is 3.87. The van der Waals surface area contributed by atoms with Gasteiger partial charge in [-0.1, -0.05) is 60.7 Å². The summed E-state index contributed by atoms with van der Waals surface area (Å²) in [5, 5.41) is 2.47. The van der Waals surface area contributed by atoms with E-state index in [2.05, 4.69) is 5.32 Å². The lowest BCUT2D eigenvalue weighted by Crippen LogP contribution is -2.46. The van der Waals surface area contributed by atoms with Crippen LogP contribution in [0.1, 0.15) is 39.1 Å². The summed E-state index contributed by atoms with van der Waals surface area (Å²) in [5.74, 6) is -0.265. The monoisotopic (exact) mass is 442 g/mol. The normalized spacial score (nSPS) is 15.7. The van der Waals surface area contributed by atoms with E-state index in [9.17, 15) is 14.4 Å². The highest BCUT2D eigenvalue weighted by Gasteiger charge is 2.33. The molecule has 6 nitrogen and oxygen atoms in total. The van der Waals surface area contributed by atoms with Gasteiger partial charge in [-0.3, -0.25) is 24.6 Å².